The Morgan fingerprint density at radius 2 is 1.94 bits per heavy atom. The smallest absolute Gasteiger partial charge is 0.227 e. The van der Waals surface area contributed by atoms with Crippen molar-refractivity contribution in [3.05, 3.63) is 24.0 Å². The summed E-state index contributed by atoms with van der Waals surface area (Å²) in [5, 5.41) is 0. The molecule has 5 nitrogen and oxygen atoms in total. The van der Waals surface area contributed by atoms with E-state index in [0.29, 0.717) is 19.5 Å². The molecule has 0 bridgehead atoms. The lowest BCUT2D eigenvalue weighted by atomic mass is 10.2. The highest BCUT2D eigenvalue weighted by Crippen LogP contribution is 2.07. The van der Waals surface area contributed by atoms with Gasteiger partial charge in [0, 0.05) is 45.5 Å². The number of aromatic nitrogens is 1. The maximum atomic E-state index is 12.1. The Morgan fingerprint density at radius 3 is 2.61 bits per heavy atom. The average Bonchev–Trinajstić information content (AvgIpc) is 2.70. The van der Waals surface area contributed by atoms with Crippen LogP contribution in [0.4, 0.5) is 0 Å². The summed E-state index contributed by atoms with van der Waals surface area (Å²) < 4.78 is 0. The molecule has 0 spiro atoms. The number of carbonyl (C=O) groups is 2. The van der Waals surface area contributed by atoms with Crippen LogP contribution < -0.4 is 0 Å². The van der Waals surface area contributed by atoms with Crippen molar-refractivity contribution in [2.45, 2.75) is 19.8 Å². The Kier molecular flexibility index (Phi) is 4.02. The Hall–Kier alpha value is -1.78. The van der Waals surface area contributed by atoms with E-state index in [9.17, 15) is 9.59 Å². The fourth-order valence-corrected chi connectivity index (χ4v) is 2.24. The number of hydrogen-bond acceptors (Lipinski definition) is 2. The molecule has 2 rings (SSSR count). The quantitative estimate of drug-likeness (QED) is 0.836. The van der Waals surface area contributed by atoms with Gasteiger partial charge in [-0.2, -0.15) is 0 Å². The summed E-state index contributed by atoms with van der Waals surface area (Å²) in [6, 6.07) is 1.91. The summed E-state index contributed by atoms with van der Waals surface area (Å²) in [5.74, 6) is 0.231. The van der Waals surface area contributed by atoms with E-state index in [4.69, 9.17) is 0 Å². The van der Waals surface area contributed by atoms with E-state index >= 15 is 0 Å². The molecular formula is C13H19N3O2. The van der Waals surface area contributed by atoms with Crippen LogP contribution in [-0.4, -0.2) is 52.8 Å². The molecule has 2 amide bonds. The molecule has 1 fully saturated rings. The normalized spacial score (nSPS) is 16.5. The van der Waals surface area contributed by atoms with Crippen LogP contribution >= 0.6 is 0 Å². The first-order valence-electron chi connectivity index (χ1n) is 6.32. The first-order valence-corrected chi connectivity index (χ1v) is 6.32. The van der Waals surface area contributed by atoms with Crippen molar-refractivity contribution >= 4 is 11.8 Å². The number of nitrogens with one attached hydrogen (secondary N) is 1. The Morgan fingerprint density at radius 1 is 1.22 bits per heavy atom. The zero-order valence-electron chi connectivity index (χ0n) is 10.7. The number of hydrogen-bond donors (Lipinski definition) is 1. The number of amides is 2. The van der Waals surface area contributed by atoms with Gasteiger partial charge in [-0.1, -0.05) is 0 Å². The number of rotatable bonds is 2. The highest BCUT2D eigenvalue weighted by Gasteiger charge is 2.20. The molecule has 5 heteroatoms. The molecule has 1 N–H and O–H groups in total. The molecule has 1 aliphatic heterocycles. The third-order valence-electron chi connectivity index (χ3n) is 3.31. The molecule has 0 aromatic carbocycles. The van der Waals surface area contributed by atoms with Gasteiger partial charge >= 0.3 is 0 Å². The summed E-state index contributed by atoms with van der Waals surface area (Å²) in [6.07, 6.45) is 4.96. The van der Waals surface area contributed by atoms with Gasteiger partial charge in [0.05, 0.1) is 6.42 Å². The van der Waals surface area contributed by atoms with Gasteiger partial charge in [-0.3, -0.25) is 9.59 Å². The molecule has 2 heterocycles. The molecule has 1 aromatic heterocycles. The standard InChI is InChI=1S/C13H19N3O2/c1-11(17)15-5-2-6-16(8-7-15)13(18)9-12-3-4-14-10-12/h3-4,10,14H,2,5-9H2,1H3. The van der Waals surface area contributed by atoms with Crippen LogP contribution in [0.5, 0.6) is 0 Å². The Balaban J connectivity index is 1.89. The Bertz CT molecular complexity index is 414. The topological polar surface area (TPSA) is 56.4 Å². The maximum absolute atomic E-state index is 12.1. The highest BCUT2D eigenvalue weighted by atomic mass is 16.2. The van der Waals surface area contributed by atoms with Crippen molar-refractivity contribution in [2.75, 3.05) is 26.2 Å². The van der Waals surface area contributed by atoms with Gasteiger partial charge in [0.15, 0.2) is 0 Å². The molecule has 0 aliphatic carbocycles. The fourth-order valence-electron chi connectivity index (χ4n) is 2.24. The van der Waals surface area contributed by atoms with Gasteiger partial charge in [0.25, 0.3) is 0 Å². The maximum Gasteiger partial charge on any atom is 0.227 e. The van der Waals surface area contributed by atoms with Crippen LogP contribution in [0, 0.1) is 0 Å². The lowest BCUT2D eigenvalue weighted by Gasteiger charge is -2.21. The first kappa shape index (κ1) is 12.7. The lowest BCUT2D eigenvalue weighted by Crippen LogP contribution is -2.37. The van der Waals surface area contributed by atoms with E-state index in [1.165, 1.54) is 0 Å². The predicted octanol–water partition coefficient (Wildman–Crippen LogP) is 0.638. The SMILES string of the molecule is CC(=O)N1CCCN(C(=O)Cc2cc[nH]c2)CC1. The summed E-state index contributed by atoms with van der Waals surface area (Å²) in [6.45, 7) is 4.37. The predicted molar refractivity (Wildman–Crippen MR) is 67.9 cm³/mol. The fraction of sp³-hybridized carbons (Fsp3) is 0.538. The molecular weight excluding hydrogens is 230 g/mol. The highest BCUT2D eigenvalue weighted by molar-refractivity contribution is 5.79. The second-order valence-electron chi connectivity index (χ2n) is 4.64. The van der Waals surface area contributed by atoms with Crippen molar-refractivity contribution in [1.29, 1.82) is 0 Å². The van der Waals surface area contributed by atoms with E-state index in [1.54, 1.807) is 6.92 Å². The van der Waals surface area contributed by atoms with Gasteiger partial charge < -0.3 is 14.8 Å². The molecule has 0 atom stereocenters. The van der Waals surface area contributed by atoms with Crippen molar-refractivity contribution in [2.24, 2.45) is 0 Å². The van der Waals surface area contributed by atoms with E-state index in [1.807, 2.05) is 28.3 Å². The van der Waals surface area contributed by atoms with Crippen molar-refractivity contribution < 1.29 is 9.59 Å². The minimum Gasteiger partial charge on any atom is -0.367 e. The monoisotopic (exact) mass is 249 g/mol. The molecule has 1 aromatic rings. The van der Waals surface area contributed by atoms with Gasteiger partial charge in [-0.05, 0) is 18.1 Å². The Labute approximate surface area is 107 Å². The molecule has 0 radical (unpaired) electrons. The molecule has 0 unspecified atom stereocenters. The molecule has 0 saturated carbocycles. The summed E-state index contributed by atoms with van der Waals surface area (Å²) >= 11 is 0. The molecule has 98 valence electrons. The molecule has 18 heavy (non-hydrogen) atoms. The van der Waals surface area contributed by atoms with Crippen molar-refractivity contribution in [3.8, 4) is 0 Å². The van der Waals surface area contributed by atoms with Crippen LogP contribution in [0.25, 0.3) is 0 Å². The third-order valence-corrected chi connectivity index (χ3v) is 3.31. The first-order chi connectivity index (χ1) is 8.66. The summed E-state index contributed by atoms with van der Waals surface area (Å²) in [4.78, 5) is 30.0. The number of H-pyrrole nitrogens is 1. The number of nitrogens with zero attached hydrogens (tertiary/aromatic N) is 2. The largest absolute Gasteiger partial charge is 0.367 e. The van der Waals surface area contributed by atoms with Crippen LogP contribution in [0.1, 0.15) is 18.9 Å². The third kappa shape index (κ3) is 3.12. The van der Waals surface area contributed by atoms with Crippen LogP contribution in [0.15, 0.2) is 18.5 Å². The zero-order chi connectivity index (χ0) is 13.0. The second-order valence-corrected chi connectivity index (χ2v) is 4.64. The van der Waals surface area contributed by atoms with Gasteiger partial charge in [0.2, 0.25) is 11.8 Å². The summed E-state index contributed by atoms with van der Waals surface area (Å²) in [7, 11) is 0. The lowest BCUT2D eigenvalue weighted by molar-refractivity contribution is -0.132. The minimum absolute atomic E-state index is 0.0925. The molecule has 1 saturated heterocycles. The van der Waals surface area contributed by atoms with Crippen molar-refractivity contribution in [1.82, 2.24) is 14.8 Å². The second kappa shape index (κ2) is 5.71. The van der Waals surface area contributed by atoms with Gasteiger partial charge in [-0.25, -0.2) is 0 Å². The number of carbonyl (C=O) groups excluding carboxylic acids is 2. The zero-order valence-corrected chi connectivity index (χ0v) is 10.7. The van der Waals surface area contributed by atoms with E-state index in [0.717, 1.165) is 25.1 Å². The number of aromatic amines is 1. The summed E-state index contributed by atoms with van der Waals surface area (Å²) in [5.41, 5.74) is 1.01. The van der Waals surface area contributed by atoms with E-state index < -0.39 is 0 Å². The minimum atomic E-state index is 0.0925. The van der Waals surface area contributed by atoms with Crippen LogP contribution in [0.3, 0.4) is 0 Å². The molecule has 1 aliphatic rings. The van der Waals surface area contributed by atoms with E-state index in [-0.39, 0.29) is 11.8 Å². The van der Waals surface area contributed by atoms with Gasteiger partial charge in [-0.15, -0.1) is 0 Å². The van der Waals surface area contributed by atoms with Crippen LogP contribution in [-0.2, 0) is 16.0 Å². The van der Waals surface area contributed by atoms with Crippen molar-refractivity contribution in [3.63, 3.8) is 0 Å². The average molecular weight is 249 g/mol. The van der Waals surface area contributed by atoms with Crippen LogP contribution in [0.2, 0.25) is 0 Å². The van der Waals surface area contributed by atoms with E-state index in [2.05, 4.69) is 4.98 Å². The van der Waals surface area contributed by atoms with Gasteiger partial charge in [0.1, 0.15) is 0 Å².